The summed E-state index contributed by atoms with van der Waals surface area (Å²) in [5, 5.41) is 5.58. The molecule has 2 aromatic rings. The van der Waals surface area contributed by atoms with E-state index in [9.17, 15) is 9.59 Å². The van der Waals surface area contributed by atoms with Crippen molar-refractivity contribution in [2.45, 2.75) is 31.1 Å². The van der Waals surface area contributed by atoms with Crippen LogP contribution in [0.5, 0.6) is 0 Å². The number of piperidine rings is 1. The monoisotopic (exact) mass is 369 g/mol. The summed E-state index contributed by atoms with van der Waals surface area (Å²) in [4.78, 5) is 31.0. The van der Waals surface area contributed by atoms with Crippen molar-refractivity contribution in [3.8, 4) is 0 Å². The van der Waals surface area contributed by atoms with E-state index in [0.717, 1.165) is 11.5 Å². The molecule has 1 aromatic heterocycles. The van der Waals surface area contributed by atoms with Gasteiger partial charge in [0.2, 0.25) is 0 Å². The van der Waals surface area contributed by atoms with Gasteiger partial charge in [0.15, 0.2) is 6.10 Å². The van der Waals surface area contributed by atoms with Crippen LogP contribution in [0.4, 0.5) is 10.5 Å². The van der Waals surface area contributed by atoms with E-state index in [0.29, 0.717) is 32.5 Å². The molecule has 2 aliphatic rings. The maximum atomic E-state index is 12.5. The van der Waals surface area contributed by atoms with Crippen LogP contribution in [0, 0.1) is 0 Å². The van der Waals surface area contributed by atoms with Gasteiger partial charge in [-0.15, -0.1) is 0 Å². The molecule has 1 fully saturated rings. The summed E-state index contributed by atoms with van der Waals surface area (Å²) >= 11 is 0. The van der Waals surface area contributed by atoms with Gasteiger partial charge in [0.25, 0.3) is 5.91 Å². The topological polar surface area (TPSA) is 88.5 Å². The number of nitrogens with one attached hydrogen (secondary N) is 2. The molecule has 0 aliphatic carbocycles. The molecule has 8 heteroatoms. The Morgan fingerprint density at radius 3 is 2.67 bits per heavy atom. The Kier molecular flexibility index (Phi) is 4.57. The van der Waals surface area contributed by atoms with E-state index in [1.54, 1.807) is 18.1 Å². The second-order valence-corrected chi connectivity index (χ2v) is 6.90. The van der Waals surface area contributed by atoms with Gasteiger partial charge < -0.3 is 24.8 Å². The van der Waals surface area contributed by atoms with Crippen molar-refractivity contribution in [3.63, 3.8) is 0 Å². The maximum Gasteiger partial charge on any atom is 0.321 e. The number of hydrogen-bond donors (Lipinski definition) is 2. The van der Waals surface area contributed by atoms with Crippen LogP contribution in [-0.4, -0.2) is 52.6 Å². The minimum absolute atomic E-state index is 0.127. The average molecular weight is 369 g/mol. The molecule has 2 aliphatic heterocycles. The van der Waals surface area contributed by atoms with E-state index >= 15 is 0 Å². The number of nitrogens with zero attached hydrogens (tertiary/aromatic N) is 3. The fourth-order valence-corrected chi connectivity index (χ4v) is 3.83. The van der Waals surface area contributed by atoms with Gasteiger partial charge in [-0.25, -0.2) is 9.78 Å². The van der Waals surface area contributed by atoms with Crippen LogP contribution in [-0.2, 0) is 21.7 Å². The van der Waals surface area contributed by atoms with E-state index in [4.69, 9.17) is 4.74 Å². The number of urea groups is 1. The molecular weight excluding hydrogens is 346 g/mol. The van der Waals surface area contributed by atoms with E-state index < -0.39 is 11.7 Å². The molecule has 27 heavy (non-hydrogen) atoms. The van der Waals surface area contributed by atoms with E-state index in [1.165, 1.54) is 0 Å². The molecule has 1 unspecified atom stereocenters. The van der Waals surface area contributed by atoms with Gasteiger partial charge >= 0.3 is 6.03 Å². The van der Waals surface area contributed by atoms with Crippen LogP contribution in [0.3, 0.4) is 0 Å². The molecule has 4 rings (SSSR count). The lowest BCUT2D eigenvalue weighted by Gasteiger charge is -2.45. The highest BCUT2D eigenvalue weighted by atomic mass is 16.5. The Morgan fingerprint density at radius 1 is 1.22 bits per heavy atom. The van der Waals surface area contributed by atoms with E-state index in [-0.39, 0.29) is 11.9 Å². The number of rotatable bonds is 2. The number of amides is 3. The molecule has 0 radical (unpaired) electrons. The second-order valence-electron chi connectivity index (χ2n) is 6.90. The van der Waals surface area contributed by atoms with Gasteiger partial charge in [-0.1, -0.05) is 18.2 Å². The molecule has 1 atom stereocenters. The summed E-state index contributed by atoms with van der Waals surface area (Å²) in [5.41, 5.74) is 0.134. The summed E-state index contributed by atoms with van der Waals surface area (Å²) in [6, 6.07) is 9.27. The molecule has 3 amide bonds. The number of likely N-dealkylation sites (tertiary alicyclic amines) is 1. The maximum absolute atomic E-state index is 12.5. The zero-order valence-electron chi connectivity index (χ0n) is 15.2. The molecule has 142 valence electrons. The molecule has 0 saturated carbocycles. The summed E-state index contributed by atoms with van der Waals surface area (Å²) in [6.07, 6.45) is 4.26. The van der Waals surface area contributed by atoms with Crippen molar-refractivity contribution >= 4 is 17.6 Å². The van der Waals surface area contributed by atoms with Gasteiger partial charge in [0.05, 0.1) is 6.54 Å². The number of hydrogen-bond acceptors (Lipinski definition) is 4. The SMILES string of the molecule is CNC(=O)C1Cn2ccnc2C2(CCN(C(=O)Nc3ccccc3)CC2)O1. The van der Waals surface area contributed by atoms with Crippen molar-refractivity contribution in [1.29, 1.82) is 0 Å². The Morgan fingerprint density at radius 2 is 1.96 bits per heavy atom. The summed E-state index contributed by atoms with van der Waals surface area (Å²) < 4.78 is 8.23. The van der Waals surface area contributed by atoms with Crippen LogP contribution in [0.2, 0.25) is 0 Å². The fraction of sp³-hybridized carbons (Fsp3) is 0.421. The number of likely N-dealkylation sites (N-methyl/N-ethyl adjacent to an activating group) is 1. The Balaban J connectivity index is 1.47. The number of ether oxygens (including phenoxy) is 1. The smallest absolute Gasteiger partial charge is 0.321 e. The van der Waals surface area contributed by atoms with Crippen molar-refractivity contribution in [2.24, 2.45) is 0 Å². The van der Waals surface area contributed by atoms with Gasteiger partial charge in [0.1, 0.15) is 11.4 Å². The molecule has 3 heterocycles. The third kappa shape index (κ3) is 3.28. The number of aromatic nitrogens is 2. The molecule has 2 N–H and O–H groups in total. The van der Waals surface area contributed by atoms with Crippen molar-refractivity contribution < 1.29 is 14.3 Å². The Hall–Kier alpha value is -2.87. The van der Waals surface area contributed by atoms with Gasteiger partial charge in [-0.2, -0.15) is 0 Å². The van der Waals surface area contributed by atoms with Crippen LogP contribution >= 0.6 is 0 Å². The largest absolute Gasteiger partial charge is 0.357 e. The van der Waals surface area contributed by atoms with Crippen molar-refractivity contribution in [1.82, 2.24) is 19.8 Å². The number of imidazole rings is 1. The predicted molar refractivity (Wildman–Crippen MR) is 99.1 cm³/mol. The molecule has 8 nitrogen and oxygen atoms in total. The molecule has 1 spiro atoms. The zero-order valence-corrected chi connectivity index (χ0v) is 15.2. The number of fused-ring (bicyclic) bond motifs is 2. The fourth-order valence-electron chi connectivity index (χ4n) is 3.83. The van der Waals surface area contributed by atoms with Crippen LogP contribution < -0.4 is 10.6 Å². The van der Waals surface area contributed by atoms with Gasteiger partial charge in [-0.05, 0) is 12.1 Å². The van der Waals surface area contributed by atoms with E-state index in [1.807, 2.05) is 41.1 Å². The van der Waals surface area contributed by atoms with Crippen molar-refractivity contribution in [3.05, 3.63) is 48.5 Å². The number of benzene rings is 1. The van der Waals surface area contributed by atoms with Crippen LogP contribution in [0.1, 0.15) is 18.7 Å². The third-order valence-electron chi connectivity index (χ3n) is 5.28. The molecule has 0 bridgehead atoms. The first kappa shape index (κ1) is 17.5. The Bertz CT molecular complexity index is 827. The zero-order chi connectivity index (χ0) is 18.9. The summed E-state index contributed by atoms with van der Waals surface area (Å²) in [5.74, 6) is 0.698. The highest BCUT2D eigenvalue weighted by molar-refractivity contribution is 5.89. The number of carbonyl (C=O) groups is 2. The van der Waals surface area contributed by atoms with Gasteiger partial charge in [-0.3, -0.25) is 4.79 Å². The number of anilines is 1. The molecular formula is C19H23N5O3. The minimum atomic E-state index is -0.636. The summed E-state index contributed by atoms with van der Waals surface area (Å²) in [7, 11) is 1.61. The highest BCUT2D eigenvalue weighted by Crippen LogP contribution is 2.40. The molecule has 1 saturated heterocycles. The standard InChI is InChI=1S/C19H23N5O3/c1-20-16(25)15-13-24-12-9-21-17(24)19(27-15)7-10-23(11-8-19)18(26)22-14-5-3-2-4-6-14/h2-6,9,12,15H,7-8,10-11,13H2,1H3,(H,20,25)(H,22,26). The lowest BCUT2D eigenvalue weighted by atomic mass is 9.88. The summed E-state index contributed by atoms with van der Waals surface area (Å²) in [6.45, 7) is 1.52. The minimum Gasteiger partial charge on any atom is -0.357 e. The van der Waals surface area contributed by atoms with Gasteiger partial charge in [0, 0.05) is 51.1 Å². The second kappa shape index (κ2) is 7.03. The normalized spacial score (nSPS) is 20.8. The van der Waals surface area contributed by atoms with Crippen LogP contribution in [0.25, 0.3) is 0 Å². The number of para-hydroxylation sites is 1. The van der Waals surface area contributed by atoms with Crippen molar-refractivity contribution in [2.75, 3.05) is 25.5 Å². The first-order valence-corrected chi connectivity index (χ1v) is 9.13. The Labute approximate surface area is 157 Å². The predicted octanol–water partition coefficient (Wildman–Crippen LogP) is 1.55. The lowest BCUT2D eigenvalue weighted by molar-refractivity contribution is -0.171. The quantitative estimate of drug-likeness (QED) is 0.841. The highest BCUT2D eigenvalue weighted by Gasteiger charge is 2.47. The molecule has 1 aromatic carbocycles. The third-order valence-corrected chi connectivity index (χ3v) is 5.28. The lowest BCUT2D eigenvalue weighted by Crippen LogP contribution is -2.54. The average Bonchev–Trinajstić information content (AvgIpc) is 3.18. The first-order valence-electron chi connectivity index (χ1n) is 9.13. The number of carbonyl (C=O) groups excluding carboxylic acids is 2. The van der Waals surface area contributed by atoms with E-state index in [2.05, 4.69) is 15.6 Å². The first-order chi connectivity index (χ1) is 13.1. The van der Waals surface area contributed by atoms with Crippen LogP contribution in [0.15, 0.2) is 42.7 Å².